The molecule has 19 rings (SSSR count). The molecule has 4 saturated heterocycles. The fourth-order valence-corrected chi connectivity index (χ4v) is 21.9. The fraction of sp³-hybridized carbons (Fsp3) is 0.528. The molecule has 4 N–H and O–H groups in total. The SMILES string of the molecule is CC(C)c1ccc(Oc2cc3c4c(cc(Oc5ccc(C(C)C)cc5)c5c6c(Oc7ccc(C(C)C)cc7)cc7c8c(cc(Oc9ccc(C(C)C)cc9)c(c2c45)c86)C(=O)N(C(C(=O)N(C2CCCC(NCC4CO4)C2)C2CCCC(NCC4CO4)C2)C(C)C)C7=O)C(=O)N(C(C(=O)N(C2CCCC(NCC4CO4)C2)C2CCCC(NCC4CO4)C2)C(C)C)C3=O)cc1. The Hall–Kier alpha value is -9.62. The van der Waals surface area contributed by atoms with Crippen LogP contribution >= 0.6 is 0 Å². The van der Waals surface area contributed by atoms with Gasteiger partial charge in [0.15, 0.2) is 0 Å². The number of hydrogen-bond donors (Lipinski definition) is 4. The molecule has 128 heavy (non-hydrogen) atoms. The predicted molar refractivity (Wildman–Crippen MR) is 497 cm³/mol. The zero-order chi connectivity index (χ0) is 88.8. The molecule has 6 aliphatic heterocycles. The molecule has 9 aromatic rings. The first kappa shape index (κ1) is 87.7. The normalized spacial score (nSPS) is 25.0. The Labute approximate surface area is 752 Å². The van der Waals surface area contributed by atoms with Gasteiger partial charge in [0.2, 0.25) is 11.8 Å². The van der Waals surface area contributed by atoms with Crippen LogP contribution in [0.1, 0.15) is 273 Å². The van der Waals surface area contributed by atoms with E-state index in [9.17, 15) is 0 Å². The van der Waals surface area contributed by atoms with Gasteiger partial charge in [-0.2, -0.15) is 0 Å². The molecule has 14 unspecified atom stereocenters. The summed E-state index contributed by atoms with van der Waals surface area (Å²) in [6, 6.07) is 35.5. The number of fused-ring (bicyclic) bond motifs is 2. The van der Waals surface area contributed by atoms with Crippen LogP contribution in [0, 0.1) is 11.8 Å². The molecule has 4 aliphatic carbocycles. The van der Waals surface area contributed by atoms with Crippen LogP contribution in [0.5, 0.6) is 46.0 Å². The van der Waals surface area contributed by atoms with E-state index in [2.05, 4.69) is 86.5 Å². The van der Waals surface area contributed by atoms with E-state index in [1.54, 1.807) is 24.3 Å². The van der Waals surface area contributed by atoms with Gasteiger partial charge >= 0.3 is 0 Å². The summed E-state index contributed by atoms with van der Waals surface area (Å²) in [5.74, 6) is -1.45. The third-order valence-electron chi connectivity index (χ3n) is 29.2. The lowest BCUT2D eigenvalue weighted by atomic mass is 9.79. The number of epoxide rings is 4. The van der Waals surface area contributed by atoms with E-state index in [1.807, 2.05) is 125 Å². The molecule has 10 aliphatic rings. The zero-order valence-corrected chi connectivity index (χ0v) is 76.6. The van der Waals surface area contributed by atoms with Gasteiger partial charge in [0.1, 0.15) is 58.1 Å². The highest BCUT2D eigenvalue weighted by atomic mass is 16.6. The number of carbonyl (C=O) groups is 6. The highest BCUT2D eigenvalue weighted by molar-refractivity contribution is 6.45. The second-order valence-corrected chi connectivity index (χ2v) is 40.3. The Bertz CT molecular complexity index is 4990. The van der Waals surface area contributed by atoms with Crippen LogP contribution in [0.3, 0.4) is 0 Å². The minimum Gasteiger partial charge on any atom is -0.457 e. The van der Waals surface area contributed by atoms with Crippen molar-refractivity contribution in [2.24, 2.45) is 11.8 Å². The van der Waals surface area contributed by atoms with Crippen LogP contribution in [-0.2, 0) is 28.5 Å². The molecule has 9 aromatic carbocycles. The van der Waals surface area contributed by atoms with Gasteiger partial charge in [-0.15, -0.1) is 0 Å². The van der Waals surface area contributed by atoms with Crippen LogP contribution in [0.25, 0.3) is 43.1 Å². The van der Waals surface area contributed by atoms with Crippen LogP contribution < -0.4 is 40.2 Å². The molecule has 8 fully saturated rings. The largest absolute Gasteiger partial charge is 0.457 e. The van der Waals surface area contributed by atoms with E-state index in [0.29, 0.717) is 81.0 Å². The quantitative estimate of drug-likeness (QED) is 0.0127. The Morgan fingerprint density at radius 3 is 0.742 bits per heavy atom. The number of hydrogen-bond acceptors (Lipinski definition) is 18. The van der Waals surface area contributed by atoms with E-state index < -0.39 is 47.5 Å². The third kappa shape index (κ3) is 17.9. The van der Waals surface area contributed by atoms with E-state index in [-0.39, 0.29) is 164 Å². The first-order valence-corrected chi connectivity index (χ1v) is 48.1. The van der Waals surface area contributed by atoms with E-state index in [4.69, 9.17) is 37.9 Å². The average molecular weight is 1740 g/mol. The number of rotatable bonds is 34. The molecule has 0 spiro atoms. The Kier molecular flexibility index (Phi) is 25.1. The number of amides is 6. The maximum Gasteiger partial charge on any atom is 0.262 e. The Morgan fingerprint density at radius 1 is 0.328 bits per heavy atom. The molecule has 0 radical (unpaired) electrons. The van der Waals surface area contributed by atoms with Crippen molar-refractivity contribution < 1.29 is 66.7 Å². The van der Waals surface area contributed by atoms with Gasteiger partial charge in [0.05, 0.1) is 73.1 Å². The van der Waals surface area contributed by atoms with Crippen molar-refractivity contribution >= 4 is 78.5 Å². The molecule has 6 amide bonds. The first-order valence-electron chi connectivity index (χ1n) is 48.1. The number of nitrogens with zero attached hydrogens (tertiary/aromatic N) is 4. The van der Waals surface area contributed by atoms with Gasteiger partial charge < -0.3 is 69.0 Å². The van der Waals surface area contributed by atoms with Crippen molar-refractivity contribution in [1.29, 1.82) is 0 Å². The van der Waals surface area contributed by atoms with E-state index >= 15 is 28.8 Å². The van der Waals surface area contributed by atoms with Gasteiger partial charge in [-0.05, 0) is 233 Å². The molecule has 14 atom stereocenters. The summed E-state index contributed by atoms with van der Waals surface area (Å²) in [6.07, 6.45) is 13.8. The van der Waals surface area contributed by atoms with Crippen LogP contribution in [0.15, 0.2) is 121 Å². The zero-order valence-electron chi connectivity index (χ0n) is 76.6. The number of ether oxygens (including phenoxy) is 8. The molecule has 4 saturated carbocycles. The van der Waals surface area contributed by atoms with Crippen LogP contribution in [0.2, 0.25) is 0 Å². The van der Waals surface area contributed by atoms with Gasteiger partial charge in [0.25, 0.3) is 23.6 Å². The molecule has 0 aromatic heterocycles. The molecule has 676 valence electrons. The standard InChI is InChI=1S/C106H128N8O14/c1-57(2)63-25-33-75(34-26-63)125-87-45-83-91-84(102(116)113(101(83)115)99(61(9)10)105(119)111(71-21-13-17-67(41-71)107-49-79-53-121-79)72-22-14-18-68(42-72)108-50-80-54-122-80)47-89(127-77-37-29-65(30-38-77)59(5)6)95-96-90(128-78-39-31-66(32-40-78)60(7)8)48-86-92-85(46-88(94(98(92)96)93(87)97(91)95)126-76-35-27-64(28-36-76)58(3)4)103(117)114(104(86)118)100(62(11)12)106(120)112(73-23-15-19-69(43-73)109-51-81-55-123-81)74-24-16-20-70(44-74)110-52-82-56-124-82/h25-40,45-48,57-62,67-74,79-82,99-100,107-110H,13-24,41-44,49-56H2,1-12H3. The summed E-state index contributed by atoms with van der Waals surface area (Å²) in [7, 11) is 0. The van der Waals surface area contributed by atoms with Crippen molar-refractivity contribution in [3.8, 4) is 46.0 Å². The van der Waals surface area contributed by atoms with Gasteiger partial charge in [-0.25, -0.2) is 0 Å². The lowest BCUT2D eigenvalue weighted by molar-refractivity contribution is -0.145. The van der Waals surface area contributed by atoms with Crippen molar-refractivity contribution in [1.82, 2.24) is 40.9 Å². The summed E-state index contributed by atoms with van der Waals surface area (Å²) in [5, 5.41) is 18.0. The average Bonchev–Trinajstić information content (AvgIpc) is 1.08. The monoisotopic (exact) mass is 1740 g/mol. The molecule has 22 nitrogen and oxygen atoms in total. The van der Waals surface area contributed by atoms with E-state index in [1.165, 1.54) is 9.80 Å². The molecule has 0 bridgehead atoms. The van der Waals surface area contributed by atoms with E-state index in [0.717, 1.165) is 152 Å². The van der Waals surface area contributed by atoms with Crippen molar-refractivity contribution in [3.05, 3.63) is 166 Å². The summed E-state index contributed by atoms with van der Waals surface area (Å²) in [6.45, 7) is 30.6. The molecular formula is C106H128N8O14. The van der Waals surface area contributed by atoms with Crippen molar-refractivity contribution in [2.75, 3.05) is 52.6 Å². The lowest BCUT2D eigenvalue weighted by Crippen LogP contribution is -2.62. The fourth-order valence-electron chi connectivity index (χ4n) is 21.9. The van der Waals surface area contributed by atoms with Crippen LogP contribution in [-0.4, -0.2) is 192 Å². The third-order valence-corrected chi connectivity index (χ3v) is 29.2. The highest BCUT2D eigenvalue weighted by Crippen LogP contribution is 2.59. The van der Waals surface area contributed by atoms with Gasteiger partial charge in [-0.1, -0.05) is 132 Å². The second kappa shape index (κ2) is 36.6. The van der Waals surface area contributed by atoms with Crippen LogP contribution in [0.4, 0.5) is 0 Å². The number of imide groups is 2. The summed E-state index contributed by atoms with van der Waals surface area (Å²) >= 11 is 0. The minimum atomic E-state index is -1.29. The number of nitrogens with one attached hydrogen (secondary N) is 4. The predicted octanol–water partition coefficient (Wildman–Crippen LogP) is 19.5. The Morgan fingerprint density at radius 2 is 0.547 bits per heavy atom. The first-order chi connectivity index (χ1) is 61.9. The number of carbonyl (C=O) groups excluding carboxylic acids is 6. The molecule has 22 heteroatoms. The number of benzene rings is 9. The summed E-state index contributed by atoms with van der Waals surface area (Å²) < 4.78 is 53.1. The minimum absolute atomic E-state index is 0.104. The summed E-state index contributed by atoms with van der Waals surface area (Å²) in [5.41, 5.74) is 4.67. The van der Waals surface area contributed by atoms with Crippen molar-refractivity contribution in [2.45, 2.75) is 294 Å². The highest BCUT2D eigenvalue weighted by Gasteiger charge is 2.52. The Balaban J connectivity index is 0.854. The second-order valence-electron chi connectivity index (χ2n) is 40.3. The van der Waals surface area contributed by atoms with Crippen molar-refractivity contribution in [3.63, 3.8) is 0 Å². The molecule has 6 heterocycles. The molecular weight excluding hydrogens is 1610 g/mol. The maximum absolute atomic E-state index is 17.3. The summed E-state index contributed by atoms with van der Waals surface area (Å²) in [4.78, 5) is 110. The van der Waals surface area contributed by atoms with Gasteiger partial charge in [-0.3, -0.25) is 38.6 Å². The lowest BCUT2D eigenvalue weighted by Gasteiger charge is -2.48. The maximum atomic E-state index is 17.3. The van der Waals surface area contributed by atoms with Gasteiger partial charge in [0, 0.05) is 118 Å². The smallest absolute Gasteiger partial charge is 0.262 e. The topological polar surface area (TPSA) is 251 Å².